The standard InChI is InChI=1S/C33H41N3O5/c1-23-15-26(19-27(16-23)33(39)36-14-8-12-28(36)22-40-2)32(38)35-30(18-24-9-5-4-6-10-24)31(37)21-34-20-25-11-7-13-29(17-25)41-3/h4-7,9-11,13,15-17,19,28,30-31,34,37H,8,12,14,18,20-22H2,1-3H3,(H,35,38). The minimum Gasteiger partial charge on any atom is -0.497 e. The van der Waals surface area contributed by atoms with Gasteiger partial charge in [0, 0.05) is 37.9 Å². The average molecular weight is 560 g/mol. The summed E-state index contributed by atoms with van der Waals surface area (Å²) in [7, 11) is 3.27. The molecule has 3 N–H and O–H groups in total. The quantitative estimate of drug-likeness (QED) is 0.295. The van der Waals surface area contributed by atoms with Crippen LogP contribution in [0.4, 0.5) is 0 Å². The van der Waals surface area contributed by atoms with E-state index in [4.69, 9.17) is 9.47 Å². The van der Waals surface area contributed by atoms with Crippen molar-refractivity contribution in [2.75, 3.05) is 33.9 Å². The number of amides is 2. The fourth-order valence-corrected chi connectivity index (χ4v) is 5.36. The van der Waals surface area contributed by atoms with Crippen molar-refractivity contribution >= 4 is 11.8 Å². The van der Waals surface area contributed by atoms with Crippen LogP contribution in [-0.2, 0) is 17.7 Å². The molecular formula is C33H41N3O5. The van der Waals surface area contributed by atoms with Gasteiger partial charge in [-0.2, -0.15) is 0 Å². The summed E-state index contributed by atoms with van der Waals surface area (Å²) in [4.78, 5) is 28.8. The molecule has 0 radical (unpaired) electrons. The predicted octanol–water partition coefficient (Wildman–Crippen LogP) is 3.75. The molecule has 0 spiro atoms. The molecule has 2 amide bonds. The molecule has 3 aromatic carbocycles. The SMILES string of the molecule is COCC1CCCN1C(=O)c1cc(C)cc(C(=O)NC(Cc2ccccc2)C(O)CNCc2cccc(OC)c2)c1. The van der Waals surface area contributed by atoms with Crippen LogP contribution in [-0.4, -0.2) is 73.9 Å². The van der Waals surface area contributed by atoms with Crippen molar-refractivity contribution in [2.45, 2.75) is 50.9 Å². The molecule has 1 aliphatic rings. The van der Waals surface area contributed by atoms with Gasteiger partial charge in [-0.1, -0.05) is 42.5 Å². The maximum Gasteiger partial charge on any atom is 0.254 e. The van der Waals surface area contributed by atoms with E-state index in [9.17, 15) is 14.7 Å². The number of likely N-dealkylation sites (tertiary alicyclic amines) is 1. The molecule has 0 saturated carbocycles. The van der Waals surface area contributed by atoms with E-state index in [-0.39, 0.29) is 24.4 Å². The maximum atomic E-state index is 13.5. The number of nitrogens with zero attached hydrogens (tertiary/aromatic N) is 1. The topological polar surface area (TPSA) is 100 Å². The summed E-state index contributed by atoms with van der Waals surface area (Å²) in [6.07, 6.45) is 1.45. The van der Waals surface area contributed by atoms with Crippen molar-refractivity contribution < 1.29 is 24.2 Å². The van der Waals surface area contributed by atoms with Crippen molar-refractivity contribution in [1.82, 2.24) is 15.5 Å². The predicted molar refractivity (Wildman–Crippen MR) is 159 cm³/mol. The van der Waals surface area contributed by atoms with Crippen molar-refractivity contribution in [3.8, 4) is 5.75 Å². The number of aliphatic hydroxyl groups is 1. The fraction of sp³-hybridized carbons (Fsp3) is 0.394. The second kappa shape index (κ2) is 14.8. The van der Waals surface area contributed by atoms with E-state index >= 15 is 0 Å². The van der Waals surface area contributed by atoms with Crippen molar-refractivity contribution in [3.05, 3.63) is 101 Å². The Morgan fingerprint density at radius 1 is 1.00 bits per heavy atom. The van der Waals surface area contributed by atoms with Crippen molar-refractivity contribution in [3.63, 3.8) is 0 Å². The summed E-state index contributed by atoms with van der Waals surface area (Å²) < 4.78 is 10.6. The maximum absolute atomic E-state index is 13.5. The van der Waals surface area contributed by atoms with E-state index in [0.717, 1.165) is 35.3 Å². The van der Waals surface area contributed by atoms with Gasteiger partial charge in [-0.15, -0.1) is 0 Å². The number of benzene rings is 3. The van der Waals surface area contributed by atoms with Crippen LogP contribution < -0.4 is 15.4 Å². The monoisotopic (exact) mass is 559 g/mol. The van der Waals surface area contributed by atoms with Crippen LogP contribution in [0.15, 0.2) is 72.8 Å². The highest BCUT2D eigenvalue weighted by molar-refractivity contribution is 6.00. The number of carbonyl (C=O) groups is 2. The molecule has 3 unspecified atom stereocenters. The van der Waals surface area contributed by atoms with Crippen LogP contribution in [0.3, 0.4) is 0 Å². The smallest absolute Gasteiger partial charge is 0.254 e. The van der Waals surface area contributed by atoms with Gasteiger partial charge in [-0.25, -0.2) is 0 Å². The van der Waals surface area contributed by atoms with E-state index < -0.39 is 12.1 Å². The van der Waals surface area contributed by atoms with E-state index in [0.29, 0.717) is 37.2 Å². The summed E-state index contributed by atoms with van der Waals surface area (Å²) in [5.74, 6) is 0.351. The highest BCUT2D eigenvalue weighted by Gasteiger charge is 2.30. The number of hydrogen-bond donors (Lipinski definition) is 3. The largest absolute Gasteiger partial charge is 0.497 e. The van der Waals surface area contributed by atoms with Gasteiger partial charge in [0.15, 0.2) is 0 Å². The second-order valence-electron chi connectivity index (χ2n) is 10.7. The van der Waals surface area contributed by atoms with Crippen LogP contribution in [0, 0.1) is 6.92 Å². The van der Waals surface area contributed by atoms with E-state index in [1.807, 2.05) is 72.5 Å². The zero-order valence-corrected chi connectivity index (χ0v) is 24.1. The number of aryl methyl sites for hydroxylation is 1. The Bertz CT molecular complexity index is 1300. The summed E-state index contributed by atoms with van der Waals surface area (Å²) >= 11 is 0. The number of rotatable bonds is 13. The van der Waals surface area contributed by atoms with Gasteiger partial charge in [0.1, 0.15) is 5.75 Å². The number of methoxy groups -OCH3 is 2. The molecule has 1 fully saturated rings. The lowest BCUT2D eigenvalue weighted by Crippen LogP contribution is -2.48. The molecule has 0 aromatic heterocycles. The second-order valence-corrected chi connectivity index (χ2v) is 10.7. The molecular weight excluding hydrogens is 518 g/mol. The summed E-state index contributed by atoms with van der Waals surface area (Å²) in [5.41, 5.74) is 3.73. The highest BCUT2D eigenvalue weighted by Crippen LogP contribution is 2.22. The third kappa shape index (κ3) is 8.39. The van der Waals surface area contributed by atoms with Crippen LogP contribution in [0.25, 0.3) is 0 Å². The highest BCUT2D eigenvalue weighted by atomic mass is 16.5. The van der Waals surface area contributed by atoms with E-state index in [1.54, 1.807) is 26.4 Å². The van der Waals surface area contributed by atoms with Gasteiger partial charge >= 0.3 is 0 Å². The lowest BCUT2D eigenvalue weighted by Gasteiger charge is -2.26. The fourth-order valence-electron chi connectivity index (χ4n) is 5.36. The van der Waals surface area contributed by atoms with Crippen LogP contribution >= 0.6 is 0 Å². The molecule has 0 aliphatic carbocycles. The molecule has 1 heterocycles. The molecule has 218 valence electrons. The first-order valence-electron chi connectivity index (χ1n) is 14.2. The Morgan fingerprint density at radius 3 is 2.51 bits per heavy atom. The summed E-state index contributed by atoms with van der Waals surface area (Å²) in [5, 5.41) is 17.5. The lowest BCUT2D eigenvalue weighted by atomic mass is 9.99. The number of ether oxygens (including phenoxy) is 2. The Labute approximate surface area is 242 Å². The molecule has 3 atom stereocenters. The first kappa shape index (κ1) is 30.2. The Kier molecular flexibility index (Phi) is 10.9. The van der Waals surface area contributed by atoms with Crippen molar-refractivity contribution in [1.29, 1.82) is 0 Å². The number of carbonyl (C=O) groups excluding carboxylic acids is 2. The van der Waals surface area contributed by atoms with E-state index in [1.165, 1.54) is 0 Å². The first-order chi connectivity index (χ1) is 19.9. The summed E-state index contributed by atoms with van der Waals surface area (Å²) in [6, 6.07) is 22.3. The molecule has 8 nitrogen and oxygen atoms in total. The molecule has 1 aliphatic heterocycles. The molecule has 41 heavy (non-hydrogen) atoms. The van der Waals surface area contributed by atoms with Gasteiger partial charge in [-0.3, -0.25) is 9.59 Å². The van der Waals surface area contributed by atoms with Gasteiger partial charge in [0.25, 0.3) is 11.8 Å². The molecule has 4 rings (SSSR count). The zero-order chi connectivity index (χ0) is 29.2. The number of hydrogen-bond acceptors (Lipinski definition) is 6. The Balaban J connectivity index is 1.47. The minimum absolute atomic E-state index is 0.0418. The summed E-state index contributed by atoms with van der Waals surface area (Å²) in [6.45, 7) is 3.88. The molecule has 0 bridgehead atoms. The third-order valence-corrected chi connectivity index (χ3v) is 7.48. The van der Waals surface area contributed by atoms with Gasteiger partial charge < -0.3 is 30.1 Å². The molecule has 1 saturated heterocycles. The van der Waals surface area contributed by atoms with Crippen LogP contribution in [0.2, 0.25) is 0 Å². The van der Waals surface area contributed by atoms with Gasteiger partial charge in [0.2, 0.25) is 0 Å². The van der Waals surface area contributed by atoms with Crippen LogP contribution in [0.5, 0.6) is 5.75 Å². The minimum atomic E-state index is -0.852. The van der Waals surface area contributed by atoms with Crippen LogP contribution in [0.1, 0.15) is 50.2 Å². The van der Waals surface area contributed by atoms with Gasteiger partial charge in [0.05, 0.1) is 31.9 Å². The Hall–Kier alpha value is -3.72. The molecule has 3 aromatic rings. The van der Waals surface area contributed by atoms with E-state index in [2.05, 4.69) is 10.6 Å². The first-order valence-corrected chi connectivity index (χ1v) is 14.2. The average Bonchev–Trinajstić information content (AvgIpc) is 3.45. The lowest BCUT2D eigenvalue weighted by molar-refractivity contribution is 0.0630. The van der Waals surface area contributed by atoms with Crippen molar-refractivity contribution in [2.24, 2.45) is 0 Å². The van der Waals surface area contributed by atoms with Gasteiger partial charge in [-0.05, 0) is 73.2 Å². The molecule has 8 heteroatoms. The normalized spacial score (nSPS) is 16.3. The number of nitrogens with one attached hydrogen (secondary N) is 2. The third-order valence-electron chi connectivity index (χ3n) is 7.48. The number of aliphatic hydroxyl groups excluding tert-OH is 1. The Morgan fingerprint density at radius 2 is 1.76 bits per heavy atom. The zero-order valence-electron chi connectivity index (χ0n) is 24.1.